The number of H-pyrrole nitrogens is 1. The van der Waals surface area contributed by atoms with Crippen LogP contribution in [0.15, 0.2) is 65.7 Å². The first-order valence-corrected chi connectivity index (χ1v) is 9.55. The molecule has 0 spiro atoms. The van der Waals surface area contributed by atoms with Gasteiger partial charge >= 0.3 is 0 Å². The molecule has 0 radical (unpaired) electrons. The van der Waals surface area contributed by atoms with Crippen molar-refractivity contribution in [3.63, 3.8) is 0 Å². The van der Waals surface area contributed by atoms with Crippen molar-refractivity contribution in [1.82, 2.24) is 24.5 Å². The highest BCUT2D eigenvalue weighted by Gasteiger charge is 2.25. The molecule has 0 fully saturated rings. The van der Waals surface area contributed by atoms with Crippen LogP contribution in [0.5, 0.6) is 0 Å². The lowest BCUT2D eigenvalue weighted by molar-refractivity contribution is -0.131. The lowest BCUT2D eigenvalue weighted by Gasteiger charge is -2.27. The van der Waals surface area contributed by atoms with Gasteiger partial charge in [-0.05, 0) is 23.6 Å². The molecule has 0 saturated carbocycles. The monoisotopic (exact) mass is 385 g/mol. The third kappa shape index (κ3) is 3.20. The van der Waals surface area contributed by atoms with Gasteiger partial charge < -0.3 is 4.90 Å². The van der Waals surface area contributed by atoms with E-state index >= 15 is 0 Å². The maximum absolute atomic E-state index is 13.0. The minimum atomic E-state index is -0.0912. The zero-order valence-corrected chi connectivity index (χ0v) is 15.7. The van der Waals surface area contributed by atoms with Crippen LogP contribution in [0.3, 0.4) is 0 Å². The average Bonchev–Trinajstić information content (AvgIpc) is 3.19. The summed E-state index contributed by atoms with van der Waals surface area (Å²) in [5.74, 6) is 0.0182. The van der Waals surface area contributed by atoms with E-state index in [2.05, 4.69) is 15.1 Å². The van der Waals surface area contributed by atoms with Crippen LogP contribution < -0.4 is 5.56 Å². The highest BCUT2D eigenvalue weighted by molar-refractivity contribution is 5.79. The molecule has 1 N–H and O–H groups in total. The smallest absolute Gasteiger partial charge is 0.276 e. The molecule has 1 amide bonds. The van der Waals surface area contributed by atoms with Gasteiger partial charge in [0.2, 0.25) is 5.91 Å². The number of amides is 1. The molecule has 0 aliphatic carbocycles. The van der Waals surface area contributed by atoms with Gasteiger partial charge in [0, 0.05) is 30.6 Å². The van der Waals surface area contributed by atoms with Gasteiger partial charge in [-0.3, -0.25) is 19.7 Å². The molecule has 7 nitrogen and oxygen atoms in total. The van der Waals surface area contributed by atoms with Gasteiger partial charge in [-0.1, -0.05) is 36.4 Å². The van der Waals surface area contributed by atoms with Crippen LogP contribution in [0.1, 0.15) is 16.8 Å². The standard InChI is InChI=1S/C22H19N5O2/c28-21(11-15-5-4-9-23-13-15)26-10-8-17-19(14-26)24-20-12-18(25-27(20)22(17)29)16-6-2-1-3-7-16/h1-7,9,12-13,25H,8,10-11,14H2. The van der Waals surface area contributed by atoms with Crippen molar-refractivity contribution in [1.29, 1.82) is 0 Å². The fourth-order valence-corrected chi connectivity index (χ4v) is 3.76. The van der Waals surface area contributed by atoms with Crippen LogP contribution in [-0.4, -0.2) is 36.9 Å². The summed E-state index contributed by atoms with van der Waals surface area (Å²) in [7, 11) is 0. The quantitative estimate of drug-likeness (QED) is 0.586. The van der Waals surface area contributed by atoms with Gasteiger partial charge in [0.1, 0.15) is 0 Å². The van der Waals surface area contributed by atoms with Gasteiger partial charge in [-0.25, -0.2) is 9.50 Å². The molecule has 1 aromatic carbocycles. The van der Waals surface area contributed by atoms with E-state index < -0.39 is 0 Å². The summed E-state index contributed by atoms with van der Waals surface area (Å²) in [6.45, 7) is 0.868. The summed E-state index contributed by atoms with van der Waals surface area (Å²) in [5.41, 5.74) is 4.53. The molecular weight excluding hydrogens is 366 g/mol. The Kier molecular flexibility index (Phi) is 4.20. The van der Waals surface area contributed by atoms with Crippen LogP contribution in [-0.2, 0) is 24.2 Å². The number of aromatic amines is 1. The second-order valence-electron chi connectivity index (χ2n) is 7.17. The van der Waals surface area contributed by atoms with E-state index in [4.69, 9.17) is 0 Å². The first-order valence-electron chi connectivity index (χ1n) is 9.55. The van der Waals surface area contributed by atoms with Crippen LogP contribution in [0, 0.1) is 0 Å². The number of nitrogens with zero attached hydrogens (tertiary/aromatic N) is 4. The molecule has 1 aliphatic heterocycles. The SMILES string of the molecule is O=C(Cc1cccnc1)N1CCc2c(nc3cc(-c4ccccc4)[nH]n3c2=O)C1. The minimum Gasteiger partial charge on any atom is -0.336 e. The molecule has 0 atom stereocenters. The lowest BCUT2D eigenvalue weighted by atomic mass is 10.1. The molecule has 144 valence electrons. The maximum atomic E-state index is 13.0. The highest BCUT2D eigenvalue weighted by Crippen LogP contribution is 2.20. The second-order valence-corrected chi connectivity index (χ2v) is 7.17. The molecule has 0 saturated heterocycles. The van der Waals surface area contributed by atoms with Crippen LogP contribution in [0.2, 0.25) is 0 Å². The fourth-order valence-electron chi connectivity index (χ4n) is 3.76. The fraction of sp³-hybridized carbons (Fsp3) is 0.182. The van der Waals surface area contributed by atoms with E-state index in [1.807, 2.05) is 48.5 Å². The Hall–Kier alpha value is -3.74. The van der Waals surface area contributed by atoms with Gasteiger partial charge in [0.05, 0.1) is 24.4 Å². The van der Waals surface area contributed by atoms with E-state index in [0.29, 0.717) is 42.8 Å². The minimum absolute atomic E-state index is 0.0182. The maximum Gasteiger partial charge on any atom is 0.276 e. The third-order valence-corrected chi connectivity index (χ3v) is 5.28. The number of pyridine rings is 1. The predicted octanol–water partition coefficient (Wildman–Crippen LogP) is 2.21. The highest BCUT2D eigenvalue weighted by atomic mass is 16.2. The van der Waals surface area contributed by atoms with Crippen LogP contribution in [0.4, 0.5) is 0 Å². The van der Waals surface area contributed by atoms with Crippen molar-refractivity contribution in [2.75, 3.05) is 6.54 Å². The van der Waals surface area contributed by atoms with Crippen molar-refractivity contribution in [3.8, 4) is 11.3 Å². The zero-order valence-electron chi connectivity index (χ0n) is 15.7. The van der Waals surface area contributed by atoms with Crippen molar-refractivity contribution in [2.24, 2.45) is 0 Å². The molecule has 7 heteroatoms. The number of fused-ring (bicyclic) bond motifs is 2. The largest absolute Gasteiger partial charge is 0.336 e. The molecular formula is C22H19N5O2. The van der Waals surface area contributed by atoms with E-state index in [1.165, 1.54) is 4.52 Å². The summed E-state index contributed by atoms with van der Waals surface area (Å²) in [6.07, 6.45) is 4.19. The first kappa shape index (κ1) is 17.4. The Morgan fingerprint density at radius 3 is 2.79 bits per heavy atom. The van der Waals surface area contributed by atoms with Crippen LogP contribution >= 0.6 is 0 Å². The van der Waals surface area contributed by atoms with E-state index in [1.54, 1.807) is 17.3 Å². The Labute approximate surface area is 166 Å². The third-order valence-electron chi connectivity index (χ3n) is 5.28. The Bertz CT molecular complexity index is 1240. The summed E-state index contributed by atoms with van der Waals surface area (Å²) in [5, 5.41) is 3.15. The molecule has 5 rings (SSSR count). The average molecular weight is 385 g/mol. The van der Waals surface area contributed by atoms with Crippen molar-refractivity contribution in [3.05, 3.63) is 88.1 Å². The van der Waals surface area contributed by atoms with Gasteiger partial charge in [-0.15, -0.1) is 0 Å². The van der Waals surface area contributed by atoms with Gasteiger partial charge in [0.25, 0.3) is 5.56 Å². The summed E-state index contributed by atoms with van der Waals surface area (Å²) in [4.78, 5) is 36.2. The predicted molar refractivity (Wildman–Crippen MR) is 108 cm³/mol. The number of rotatable bonds is 3. The van der Waals surface area contributed by atoms with Crippen molar-refractivity contribution < 1.29 is 4.79 Å². The van der Waals surface area contributed by atoms with Gasteiger partial charge in [-0.2, -0.15) is 0 Å². The number of carbonyl (C=O) groups is 1. The lowest BCUT2D eigenvalue weighted by Crippen LogP contribution is -2.40. The number of hydrogen-bond acceptors (Lipinski definition) is 4. The van der Waals surface area contributed by atoms with E-state index in [0.717, 1.165) is 16.8 Å². The Morgan fingerprint density at radius 1 is 1.14 bits per heavy atom. The summed E-state index contributed by atoms with van der Waals surface area (Å²) < 4.78 is 1.49. The number of aromatic nitrogens is 4. The van der Waals surface area contributed by atoms with Gasteiger partial charge in [0.15, 0.2) is 5.65 Å². The molecule has 4 aromatic rings. The summed E-state index contributed by atoms with van der Waals surface area (Å²) >= 11 is 0. The second kappa shape index (κ2) is 7.01. The number of hydrogen-bond donors (Lipinski definition) is 1. The normalized spacial score (nSPS) is 13.4. The molecule has 3 aromatic heterocycles. The molecule has 29 heavy (non-hydrogen) atoms. The topological polar surface area (TPSA) is 83.4 Å². The van der Waals surface area contributed by atoms with E-state index in [9.17, 15) is 9.59 Å². The Morgan fingerprint density at radius 2 is 2.00 bits per heavy atom. The number of benzene rings is 1. The summed E-state index contributed by atoms with van der Waals surface area (Å²) in [6, 6.07) is 15.4. The van der Waals surface area contributed by atoms with Crippen molar-refractivity contribution in [2.45, 2.75) is 19.4 Å². The van der Waals surface area contributed by atoms with E-state index in [-0.39, 0.29) is 11.5 Å². The molecule has 0 unspecified atom stereocenters. The van der Waals surface area contributed by atoms with Crippen molar-refractivity contribution >= 4 is 11.6 Å². The number of carbonyl (C=O) groups excluding carboxylic acids is 1. The Balaban J connectivity index is 1.45. The zero-order chi connectivity index (χ0) is 19.8. The molecule has 4 heterocycles. The number of nitrogens with one attached hydrogen (secondary N) is 1. The molecule has 1 aliphatic rings. The van der Waals surface area contributed by atoms with Crippen LogP contribution in [0.25, 0.3) is 16.9 Å². The first-order chi connectivity index (χ1) is 14.2. The molecule has 0 bridgehead atoms.